The van der Waals surface area contributed by atoms with Crippen molar-refractivity contribution >= 4 is 5.91 Å². The molecule has 4 heteroatoms. The molecule has 80 valence electrons. The summed E-state index contributed by atoms with van der Waals surface area (Å²) in [5, 5.41) is 0. The highest BCUT2D eigenvalue weighted by Crippen LogP contribution is 2.29. The maximum Gasteiger partial charge on any atom is 0.237 e. The molecule has 2 rings (SSSR count). The van der Waals surface area contributed by atoms with Crippen LogP contribution in [0.1, 0.15) is 19.8 Å². The van der Waals surface area contributed by atoms with E-state index in [0.29, 0.717) is 31.1 Å². The van der Waals surface area contributed by atoms with Gasteiger partial charge in [-0.2, -0.15) is 0 Å². The van der Waals surface area contributed by atoms with Crippen molar-refractivity contribution in [2.24, 2.45) is 5.73 Å². The zero-order chi connectivity index (χ0) is 10.1. The first-order valence-electron chi connectivity index (χ1n) is 5.46. The van der Waals surface area contributed by atoms with Crippen LogP contribution in [0.5, 0.6) is 0 Å². The summed E-state index contributed by atoms with van der Waals surface area (Å²) in [5.41, 5.74) is 5.51. The SMILES string of the molecule is CC1CN(C2CC2)C(=O)CN1CCN. The summed E-state index contributed by atoms with van der Waals surface area (Å²) >= 11 is 0. The summed E-state index contributed by atoms with van der Waals surface area (Å²) in [6.07, 6.45) is 2.41. The fourth-order valence-corrected chi connectivity index (χ4v) is 2.13. The lowest BCUT2D eigenvalue weighted by Gasteiger charge is -2.39. The lowest BCUT2D eigenvalue weighted by Crippen LogP contribution is -2.56. The van der Waals surface area contributed by atoms with Crippen molar-refractivity contribution in [3.63, 3.8) is 0 Å². The maximum absolute atomic E-state index is 11.7. The van der Waals surface area contributed by atoms with E-state index in [1.165, 1.54) is 12.8 Å². The minimum absolute atomic E-state index is 0.291. The number of hydrogen-bond donors (Lipinski definition) is 1. The smallest absolute Gasteiger partial charge is 0.237 e. The number of carbonyl (C=O) groups is 1. The van der Waals surface area contributed by atoms with Crippen LogP contribution < -0.4 is 5.73 Å². The highest BCUT2D eigenvalue weighted by Gasteiger charge is 2.37. The largest absolute Gasteiger partial charge is 0.337 e. The number of amides is 1. The number of rotatable bonds is 3. The third-order valence-corrected chi connectivity index (χ3v) is 3.15. The zero-order valence-corrected chi connectivity index (χ0v) is 8.78. The number of nitrogens with zero attached hydrogens (tertiary/aromatic N) is 2. The molecule has 1 aliphatic carbocycles. The monoisotopic (exact) mass is 197 g/mol. The number of hydrogen-bond acceptors (Lipinski definition) is 3. The minimum atomic E-state index is 0.291. The molecule has 0 aromatic carbocycles. The Bertz CT molecular complexity index is 227. The summed E-state index contributed by atoms with van der Waals surface area (Å²) in [5.74, 6) is 0.291. The predicted octanol–water partition coefficient (Wildman–Crippen LogP) is -0.360. The molecule has 1 heterocycles. The third-order valence-electron chi connectivity index (χ3n) is 3.15. The molecule has 1 amide bonds. The molecule has 4 nitrogen and oxygen atoms in total. The van der Waals surface area contributed by atoms with E-state index in [9.17, 15) is 4.79 Å². The maximum atomic E-state index is 11.7. The summed E-state index contributed by atoms with van der Waals surface area (Å²) in [4.78, 5) is 16.0. The van der Waals surface area contributed by atoms with Crippen LogP contribution in [-0.2, 0) is 4.79 Å². The Morgan fingerprint density at radius 2 is 2.21 bits per heavy atom. The molecule has 1 aliphatic heterocycles. The fourth-order valence-electron chi connectivity index (χ4n) is 2.13. The van der Waals surface area contributed by atoms with Crippen LogP contribution in [0.15, 0.2) is 0 Å². The van der Waals surface area contributed by atoms with Crippen molar-refractivity contribution in [2.45, 2.75) is 31.8 Å². The summed E-state index contributed by atoms with van der Waals surface area (Å²) in [7, 11) is 0. The Hall–Kier alpha value is -0.610. The Morgan fingerprint density at radius 1 is 1.50 bits per heavy atom. The van der Waals surface area contributed by atoms with Gasteiger partial charge in [0.25, 0.3) is 0 Å². The highest BCUT2D eigenvalue weighted by atomic mass is 16.2. The van der Waals surface area contributed by atoms with Crippen molar-refractivity contribution in [1.29, 1.82) is 0 Å². The van der Waals surface area contributed by atoms with E-state index in [1.54, 1.807) is 0 Å². The second-order valence-electron chi connectivity index (χ2n) is 4.39. The molecule has 2 fully saturated rings. The van der Waals surface area contributed by atoms with Crippen LogP contribution in [0, 0.1) is 0 Å². The molecule has 0 radical (unpaired) electrons. The first kappa shape index (κ1) is 9.93. The molecular weight excluding hydrogens is 178 g/mol. The fraction of sp³-hybridized carbons (Fsp3) is 0.900. The summed E-state index contributed by atoms with van der Waals surface area (Å²) in [6, 6.07) is 1.03. The third kappa shape index (κ3) is 1.91. The van der Waals surface area contributed by atoms with Gasteiger partial charge in [0.1, 0.15) is 0 Å². The first-order chi connectivity index (χ1) is 6.72. The van der Waals surface area contributed by atoms with Gasteiger partial charge in [-0.3, -0.25) is 9.69 Å². The van der Waals surface area contributed by atoms with E-state index in [2.05, 4.69) is 16.7 Å². The number of carbonyl (C=O) groups excluding carboxylic acids is 1. The lowest BCUT2D eigenvalue weighted by molar-refractivity contribution is -0.138. The average molecular weight is 197 g/mol. The molecule has 1 atom stereocenters. The molecule has 0 spiro atoms. The van der Waals surface area contributed by atoms with Crippen LogP contribution in [0.3, 0.4) is 0 Å². The van der Waals surface area contributed by atoms with Gasteiger partial charge in [0.05, 0.1) is 6.54 Å². The van der Waals surface area contributed by atoms with Crippen molar-refractivity contribution in [1.82, 2.24) is 9.80 Å². The molecule has 0 aromatic heterocycles. The topological polar surface area (TPSA) is 49.6 Å². The van der Waals surface area contributed by atoms with E-state index in [4.69, 9.17) is 5.73 Å². The van der Waals surface area contributed by atoms with E-state index >= 15 is 0 Å². The minimum Gasteiger partial charge on any atom is -0.337 e. The van der Waals surface area contributed by atoms with E-state index in [1.807, 2.05) is 0 Å². The van der Waals surface area contributed by atoms with Gasteiger partial charge in [-0.25, -0.2) is 0 Å². The normalized spacial score (nSPS) is 29.7. The van der Waals surface area contributed by atoms with Crippen molar-refractivity contribution < 1.29 is 4.79 Å². The van der Waals surface area contributed by atoms with Crippen LogP contribution in [0.25, 0.3) is 0 Å². The van der Waals surface area contributed by atoms with E-state index < -0.39 is 0 Å². The van der Waals surface area contributed by atoms with Crippen LogP contribution in [0.4, 0.5) is 0 Å². The molecule has 2 N–H and O–H groups in total. The van der Waals surface area contributed by atoms with Gasteiger partial charge in [0, 0.05) is 31.7 Å². The van der Waals surface area contributed by atoms with Crippen LogP contribution in [-0.4, -0.2) is 54.0 Å². The zero-order valence-electron chi connectivity index (χ0n) is 8.78. The summed E-state index contributed by atoms with van der Waals surface area (Å²) in [6.45, 7) is 5.11. The molecule has 1 unspecified atom stereocenters. The molecular formula is C10H19N3O. The Labute approximate surface area is 85.0 Å². The van der Waals surface area contributed by atoms with Gasteiger partial charge in [-0.05, 0) is 19.8 Å². The Kier molecular flexibility index (Phi) is 2.74. The average Bonchev–Trinajstić information content (AvgIpc) is 2.94. The first-order valence-corrected chi connectivity index (χ1v) is 5.46. The van der Waals surface area contributed by atoms with Crippen molar-refractivity contribution in [3.8, 4) is 0 Å². The standard InChI is InChI=1S/C10H19N3O/c1-8-6-13(9-2-3-9)10(14)7-12(8)5-4-11/h8-9H,2-7,11H2,1H3. The summed E-state index contributed by atoms with van der Waals surface area (Å²) < 4.78 is 0. The van der Waals surface area contributed by atoms with Crippen LogP contribution >= 0.6 is 0 Å². The van der Waals surface area contributed by atoms with Gasteiger partial charge in [0.15, 0.2) is 0 Å². The van der Waals surface area contributed by atoms with Gasteiger partial charge in [-0.1, -0.05) is 0 Å². The molecule has 0 bridgehead atoms. The van der Waals surface area contributed by atoms with Crippen molar-refractivity contribution in [3.05, 3.63) is 0 Å². The Balaban J connectivity index is 1.93. The molecule has 2 aliphatic rings. The number of nitrogens with two attached hydrogens (primary N) is 1. The van der Waals surface area contributed by atoms with Crippen molar-refractivity contribution in [2.75, 3.05) is 26.2 Å². The lowest BCUT2D eigenvalue weighted by atomic mass is 10.2. The van der Waals surface area contributed by atoms with E-state index in [0.717, 1.165) is 13.1 Å². The quantitative estimate of drug-likeness (QED) is 0.672. The van der Waals surface area contributed by atoms with Gasteiger partial charge in [0.2, 0.25) is 5.91 Å². The van der Waals surface area contributed by atoms with E-state index in [-0.39, 0.29) is 0 Å². The van der Waals surface area contributed by atoms with Gasteiger partial charge in [-0.15, -0.1) is 0 Å². The molecule has 1 saturated carbocycles. The molecule has 0 aromatic rings. The second-order valence-corrected chi connectivity index (χ2v) is 4.39. The number of piperazine rings is 1. The molecule has 14 heavy (non-hydrogen) atoms. The van der Waals surface area contributed by atoms with Crippen LogP contribution in [0.2, 0.25) is 0 Å². The molecule has 1 saturated heterocycles. The highest BCUT2D eigenvalue weighted by molar-refractivity contribution is 5.79. The van der Waals surface area contributed by atoms with Gasteiger partial charge < -0.3 is 10.6 Å². The second kappa shape index (κ2) is 3.87. The Morgan fingerprint density at radius 3 is 2.79 bits per heavy atom. The van der Waals surface area contributed by atoms with Gasteiger partial charge >= 0.3 is 0 Å². The predicted molar refractivity (Wildman–Crippen MR) is 54.8 cm³/mol.